The maximum absolute atomic E-state index is 8.72. The van der Waals surface area contributed by atoms with Crippen LogP contribution in [0.3, 0.4) is 0 Å². The van der Waals surface area contributed by atoms with Crippen LogP contribution in [0.5, 0.6) is 5.75 Å². The molecule has 110 valence electrons. The first-order valence-electron chi connectivity index (χ1n) is 7.07. The Morgan fingerprint density at radius 1 is 1.14 bits per heavy atom. The molecule has 0 saturated heterocycles. The van der Waals surface area contributed by atoms with Crippen LogP contribution in [0, 0.1) is 11.3 Å². The third-order valence-electron chi connectivity index (χ3n) is 3.11. The minimum Gasteiger partial charge on any atom is -0.491 e. The van der Waals surface area contributed by atoms with E-state index in [9.17, 15) is 0 Å². The van der Waals surface area contributed by atoms with Gasteiger partial charge in [-0.2, -0.15) is 5.26 Å². The second kappa shape index (κ2) is 6.96. The first-order chi connectivity index (χ1) is 10.1. The minimum atomic E-state index is 0.180. The van der Waals surface area contributed by atoms with Gasteiger partial charge in [0.1, 0.15) is 17.6 Å². The zero-order valence-corrected chi connectivity index (χ0v) is 12.6. The maximum atomic E-state index is 8.72. The molecule has 1 aromatic carbocycles. The van der Waals surface area contributed by atoms with Gasteiger partial charge < -0.3 is 14.5 Å². The molecule has 0 aliphatic heterocycles. The monoisotopic (exact) mass is 284 g/mol. The van der Waals surface area contributed by atoms with Crippen LogP contribution >= 0.6 is 0 Å². The van der Waals surface area contributed by atoms with E-state index in [1.165, 1.54) is 5.56 Å². The fraction of sp³-hybridized carbons (Fsp3) is 0.353. The third-order valence-corrected chi connectivity index (χ3v) is 3.11. The molecule has 0 aliphatic carbocycles. The molecule has 2 rings (SSSR count). The van der Waals surface area contributed by atoms with E-state index in [2.05, 4.69) is 24.4 Å². The Labute approximate surface area is 125 Å². The fourth-order valence-electron chi connectivity index (χ4n) is 2.01. The molecule has 0 spiro atoms. The third kappa shape index (κ3) is 4.37. The number of benzene rings is 1. The summed E-state index contributed by atoms with van der Waals surface area (Å²) in [5.74, 6) is 1.98. The average Bonchev–Trinajstić information content (AvgIpc) is 2.93. The highest BCUT2D eigenvalue weighted by atomic mass is 16.5. The summed E-state index contributed by atoms with van der Waals surface area (Å²) in [6.07, 6.45) is 0.180. The van der Waals surface area contributed by atoms with Crippen molar-refractivity contribution in [3.63, 3.8) is 0 Å². The normalized spacial score (nSPS) is 12.1. The molecule has 1 N–H and O–H groups in total. The van der Waals surface area contributed by atoms with Gasteiger partial charge in [0.2, 0.25) is 5.76 Å². The van der Waals surface area contributed by atoms with E-state index in [0.717, 1.165) is 11.5 Å². The van der Waals surface area contributed by atoms with Gasteiger partial charge in [-0.15, -0.1) is 0 Å². The minimum absolute atomic E-state index is 0.180. The molecule has 0 fully saturated rings. The number of rotatable bonds is 6. The van der Waals surface area contributed by atoms with Gasteiger partial charge in [-0.25, -0.2) is 0 Å². The summed E-state index contributed by atoms with van der Waals surface area (Å²) < 4.78 is 11.0. The van der Waals surface area contributed by atoms with Crippen LogP contribution in [0.4, 0.5) is 0 Å². The lowest BCUT2D eigenvalue weighted by Crippen LogP contribution is -2.17. The molecule has 1 atom stereocenters. The molecule has 0 amide bonds. The Balaban J connectivity index is 1.90. The van der Waals surface area contributed by atoms with Crippen molar-refractivity contribution in [1.82, 2.24) is 5.32 Å². The van der Waals surface area contributed by atoms with Crippen molar-refractivity contribution < 1.29 is 9.15 Å². The lowest BCUT2D eigenvalue weighted by atomic mass is 10.1. The van der Waals surface area contributed by atoms with E-state index >= 15 is 0 Å². The molecule has 1 aromatic heterocycles. The van der Waals surface area contributed by atoms with E-state index in [0.29, 0.717) is 12.3 Å². The molecule has 4 nitrogen and oxygen atoms in total. The molecule has 21 heavy (non-hydrogen) atoms. The Kier molecular flexibility index (Phi) is 5.02. The van der Waals surface area contributed by atoms with Gasteiger partial charge in [-0.1, -0.05) is 12.1 Å². The summed E-state index contributed by atoms with van der Waals surface area (Å²) in [5, 5.41) is 12.1. The quantitative estimate of drug-likeness (QED) is 0.876. The second-order valence-corrected chi connectivity index (χ2v) is 5.22. The maximum Gasteiger partial charge on any atom is 0.203 e. The van der Waals surface area contributed by atoms with Gasteiger partial charge >= 0.3 is 0 Å². The molecule has 1 heterocycles. The molecule has 4 heteroatoms. The number of nitrogens with zero attached hydrogens (tertiary/aromatic N) is 1. The lowest BCUT2D eigenvalue weighted by Gasteiger charge is -2.15. The first-order valence-corrected chi connectivity index (χ1v) is 7.07. The summed E-state index contributed by atoms with van der Waals surface area (Å²) in [7, 11) is 0. The first kappa shape index (κ1) is 15.1. The van der Waals surface area contributed by atoms with Gasteiger partial charge in [0.05, 0.1) is 12.6 Å². The van der Waals surface area contributed by atoms with Crippen LogP contribution in [0.1, 0.15) is 43.9 Å². The highest BCUT2D eigenvalue weighted by Crippen LogP contribution is 2.19. The highest BCUT2D eigenvalue weighted by Gasteiger charge is 2.07. The average molecular weight is 284 g/mol. The van der Waals surface area contributed by atoms with Gasteiger partial charge in [-0.05, 0) is 50.6 Å². The van der Waals surface area contributed by atoms with E-state index in [-0.39, 0.29) is 12.1 Å². The number of ether oxygens (including phenoxy) is 1. The molecule has 2 aromatic rings. The van der Waals surface area contributed by atoms with Crippen molar-refractivity contribution in [2.45, 2.75) is 39.5 Å². The number of hydrogen-bond acceptors (Lipinski definition) is 4. The van der Waals surface area contributed by atoms with Crippen molar-refractivity contribution in [2.75, 3.05) is 0 Å². The zero-order valence-electron chi connectivity index (χ0n) is 12.6. The standard InChI is InChI=1S/C17H20N2O2/c1-12(2)20-15-6-4-14(5-7-15)13(3)19-11-17-9-8-16(10-18)21-17/h4-9,12-13,19H,11H2,1-3H3. The second-order valence-electron chi connectivity index (χ2n) is 5.22. The summed E-state index contributed by atoms with van der Waals surface area (Å²) in [4.78, 5) is 0. The SMILES string of the molecule is CC(C)Oc1ccc(C(C)NCc2ccc(C#N)o2)cc1. The van der Waals surface area contributed by atoms with Gasteiger partial charge in [-0.3, -0.25) is 0 Å². The fourth-order valence-corrected chi connectivity index (χ4v) is 2.01. The van der Waals surface area contributed by atoms with Gasteiger partial charge in [0.25, 0.3) is 0 Å². The van der Waals surface area contributed by atoms with Crippen LogP contribution in [0.15, 0.2) is 40.8 Å². The predicted octanol–water partition coefficient (Wildman–Crippen LogP) is 3.79. The lowest BCUT2D eigenvalue weighted by molar-refractivity contribution is 0.242. The van der Waals surface area contributed by atoms with Gasteiger partial charge in [0.15, 0.2) is 0 Å². The predicted molar refractivity (Wildman–Crippen MR) is 80.9 cm³/mol. The molecule has 0 saturated carbocycles. The molecular weight excluding hydrogens is 264 g/mol. The van der Waals surface area contributed by atoms with Crippen molar-refractivity contribution in [3.05, 3.63) is 53.5 Å². The van der Waals surface area contributed by atoms with E-state index in [4.69, 9.17) is 14.4 Å². The summed E-state index contributed by atoms with van der Waals surface area (Å²) in [6.45, 7) is 6.70. The van der Waals surface area contributed by atoms with Crippen molar-refractivity contribution >= 4 is 0 Å². The van der Waals surface area contributed by atoms with Crippen LogP contribution < -0.4 is 10.1 Å². The van der Waals surface area contributed by atoms with Gasteiger partial charge in [0, 0.05) is 6.04 Å². The summed E-state index contributed by atoms with van der Waals surface area (Å²) in [6, 6.07) is 13.7. The number of furan rings is 1. The highest BCUT2D eigenvalue weighted by molar-refractivity contribution is 5.29. The molecule has 1 unspecified atom stereocenters. The Morgan fingerprint density at radius 3 is 2.43 bits per heavy atom. The van der Waals surface area contributed by atoms with E-state index in [1.807, 2.05) is 38.1 Å². The van der Waals surface area contributed by atoms with Crippen LogP contribution in [0.2, 0.25) is 0 Å². The molecule has 0 aliphatic rings. The number of nitrogens with one attached hydrogen (secondary N) is 1. The summed E-state index contributed by atoms with van der Waals surface area (Å²) in [5.41, 5.74) is 1.18. The van der Waals surface area contributed by atoms with E-state index in [1.54, 1.807) is 6.07 Å². The number of hydrogen-bond donors (Lipinski definition) is 1. The topological polar surface area (TPSA) is 58.2 Å². The van der Waals surface area contributed by atoms with Crippen molar-refractivity contribution in [2.24, 2.45) is 0 Å². The molecular formula is C17H20N2O2. The number of nitriles is 1. The molecule has 0 radical (unpaired) electrons. The van der Waals surface area contributed by atoms with Crippen LogP contribution in [-0.2, 0) is 6.54 Å². The molecule has 0 bridgehead atoms. The largest absolute Gasteiger partial charge is 0.491 e. The Hall–Kier alpha value is -2.25. The van der Waals surface area contributed by atoms with Crippen molar-refractivity contribution in [3.8, 4) is 11.8 Å². The van der Waals surface area contributed by atoms with Crippen LogP contribution in [-0.4, -0.2) is 6.10 Å². The summed E-state index contributed by atoms with van der Waals surface area (Å²) >= 11 is 0. The van der Waals surface area contributed by atoms with Crippen LogP contribution in [0.25, 0.3) is 0 Å². The van der Waals surface area contributed by atoms with Crippen molar-refractivity contribution in [1.29, 1.82) is 5.26 Å². The smallest absolute Gasteiger partial charge is 0.203 e. The zero-order chi connectivity index (χ0) is 15.2. The Bertz CT molecular complexity index is 608. The Morgan fingerprint density at radius 2 is 1.86 bits per heavy atom. The van der Waals surface area contributed by atoms with E-state index < -0.39 is 0 Å².